The van der Waals surface area contributed by atoms with Crippen molar-refractivity contribution < 1.29 is 4.39 Å². The smallest absolute Gasteiger partial charge is 0.128 e. The van der Waals surface area contributed by atoms with E-state index in [9.17, 15) is 4.39 Å². The van der Waals surface area contributed by atoms with E-state index in [1.54, 1.807) is 6.07 Å². The summed E-state index contributed by atoms with van der Waals surface area (Å²) < 4.78 is 13.9. The van der Waals surface area contributed by atoms with Crippen LogP contribution >= 0.6 is 0 Å². The van der Waals surface area contributed by atoms with E-state index < -0.39 is 0 Å². The molecule has 0 heterocycles. The van der Waals surface area contributed by atoms with Crippen molar-refractivity contribution in [2.45, 2.75) is 39.2 Å². The van der Waals surface area contributed by atoms with Crippen LogP contribution in [-0.4, -0.2) is 7.05 Å². The Morgan fingerprint density at radius 1 is 1.35 bits per heavy atom. The van der Waals surface area contributed by atoms with Gasteiger partial charge in [-0.25, -0.2) is 4.39 Å². The highest BCUT2D eigenvalue weighted by Gasteiger charge is 2.30. The summed E-state index contributed by atoms with van der Waals surface area (Å²) in [6.45, 7) is 4.31. The highest BCUT2D eigenvalue weighted by Crippen LogP contribution is 2.39. The molecule has 0 saturated heterocycles. The van der Waals surface area contributed by atoms with Crippen molar-refractivity contribution in [3.8, 4) is 0 Å². The monoisotopic (exact) mass is 235 g/mol. The summed E-state index contributed by atoms with van der Waals surface area (Å²) in [5, 5.41) is 3.31. The lowest BCUT2D eigenvalue weighted by Crippen LogP contribution is -2.25. The van der Waals surface area contributed by atoms with Gasteiger partial charge in [0.05, 0.1) is 0 Å². The number of benzene rings is 1. The second kappa shape index (κ2) is 5.18. The topological polar surface area (TPSA) is 12.0 Å². The van der Waals surface area contributed by atoms with Gasteiger partial charge in [0.15, 0.2) is 0 Å². The largest absolute Gasteiger partial charge is 0.313 e. The first-order valence-electron chi connectivity index (χ1n) is 6.55. The van der Waals surface area contributed by atoms with Gasteiger partial charge in [0.25, 0.3) is 0 Å². The molecule has 1 N–H and O–H groups in total. The van der Waals surface area contributed by atoms with Crippen LogP contribution in [0.4, 0.5) is 4.39 Å². The average Bonchev–Trinajstić information content (AvgIpc) is 2.71. The number of nitrogens with one attached hydrogen (secondary N) is 1. The minimum absolute atomic E-state index is 0.0745. The van der Waals surface area contributed by atoms with Crippen molar-refractivity contribution >= 4 is 0 Å². The molecule has 0 bridgehead atoms. The van der Waals surface area contributed by atoms with Crippen LogP contribution in [-0.2, 0) is 0 Å². The molecule has 0 radical (unpaired) electrons. The lowest BCUT2D eigenvalue weighted by Gasteiger charge is -2.24. The molecule has 3 atom stereocenters. The molecule has 1 nitrogen and oxygen atoms in total. The fourth-order valence-corrected chi connectivity index (χ4v) is 3.10. The van der Waals surface area contributed by atoms with Gasteiger partial charge in [-0.2, -0.15) is 0 Å². The summed E-state index contributed by atoms with van der Waals surface area (Å²) in [7, 11) is 1.94. The summed E-state index contributed by atoms with van der Waals surface area (Å²) in [5.74, 6) is 1.28. The number of rotatable bonds is 3. The molecule has 1 aromatic rings. The molecule has 0 spiro atoms. The van der Waals surface area contributed by atoms with Crippen LogP contribution in [0.1, 0.15) is 43.4 Å². The third-order valence-electron chi connectivity index (χ3n) is 4.00. The molecule has 1 aromatic carbocycles. The summed E-state index contributed by atoms with van der Waals surface area (Å²) >= 11 is 0. The van der Waals surface area contributed by atoms with Gasteiger partial charge >= 0.3 is 0 Å². The Labute approximate surface area is 103 Å². The van der Waals surface area contributed by atoms with E-state index in [0.717, 1.165) is 17.0 Å². The number of hydrogen-bond donors (Lipinski definition) is 1. The Kier molecular flexibility index (Phi) is 3.82. The predicted octanol–water partition coefficient (Wildman–Crippen LogP) is 3.83. The molecule has 17 heavy (non-hydrogen) atoms. The van der Waals surface area contributed by atoms with Gasteiger partial charge in [-0.15, -0.1) is 0 Å². The average molecular weight is 235 g/mol. The van der Waals surface area contributed by atoms with Crippen LogP contribution in [0.3, 0.4) is 0 Å². The maximum atomic E-state index is 13.9. The van der Waals surface area contributed by atoms with Crippen LogP contribution in [0.25, 0.3) is 0 Å². The summed E-state index contributed by atoms with van der Waals surface area (Å²) in [6.07, 6.45) is 3.69. The second-order valence-electron chi connectivity index (χ2n) is 5.47. The van der Waals surface area contributed by atoms with E-state index in [1.807, 2.05) is 26.1 Å². The highest BCUT2D eigenvalue weighted by atomic mass is 19.1. The van der Waals surface area contributed by atoms with Gasteiger partial charge in [0.1, 0.15) is 5.82 Å². The molecular formula is C15H22FN. The first-order valence-corrected chi connectivity index (χ1v) is 6.55. The quantitative estimate of drug-likeness (QED) is 0.839. The maximum Gasteiger partial charge on any atom is 0.128 e. The second-order valence-corrected chi connectivity index (χ2v) is 5.47. The maximum absolute atomic E-state index is 13.9. The highest BCUT2D eigenvalue weighted by molar-refractivity contribution is 5.27. The third-order valence-corrected chi connectivity index (χ3v) is 4.00. The Hall–Kier alpha value is -0.890. The zero-order chi connectivity index (χ0) is 12.4. The van der Waals surface area contributed by atoms with Crippen LogP contribution in [0.5, 0.6) is 0 Å². The van der Waals surface area contributed by atoms with Crippen LogP contribution in [0.2, 0.25) is 0 Å². The Bertz CT molecular complexity index is 389. The van der Waals surface area contributed by atoms with Crippen molar-refractivity contribution in [3.05, 3.63) is 35.1 Å². The standard InChI is InChI=1S/C15H22FN/c1-10-4-6-12(8-10)15(17-3)13-9-11(2)5-7-14(13)16/h5,7,9-10,12,15,17H,4,6,8H2,1-3H3. The van der Waals surface area contributed by atoms with Crippen LogP contribution in [0, 0.1) is 24.6 Å². The van der Waals surface area contributed by atoms with Gasteiger partial charge < -0.3 is 5.32 Å². The van der Waals surface area contributed by atoms with Crippen molar-refractivity contribution in [2.24, 2.45) is 11.8 Å². The number of hydrogen-bond acceptors (Lipinski definition) is 1. The van der Waals surface area contributed by atoms with Gasteiger partial charge in [0, 0.05) is 11.6 Å². The lowest BCUT2D eigenvalue weighted by atomic mass is 9.90. The Balaban J connectivity index is 2.25. The molecule has 0 aromatic heterocycles. The molecule has 2 heteroatoms. The Morgan fingerprint density at radius 3 is 2.71 bits per heavy atom. The van der Waals surface area contributed by atoms with E-state index in [1.165, 1.54) is 19.3 Å². The molecule has 3 unspecified atom stereocenters. The Morgan fingerprint density at radius 2 is 2.12 bits per heavy atom. The van der Waals surface area contributed by atoms with Crippen molar-refractivity contribution in [2.75, 3.05) is 7.05 Å². The van der Waals surface area contributed by atoms with Gasteiger partial charge in [-0.3, -0.25) is 0 Å². The summed E-state index contributed by atoms with van der Waals surface area (Å²) in [4.78, 5) is 0. The van der Waals surface area contributed by atoms with Gasteiger partial charge in [0.2, 0.25) is 0 Å². The lowest BCUT2D eigenvalue weighted by molar-refractivity contribution is 0.368. The SMILES string of the molecule is CNC(c1cc(C)ccc1F)C1CCC(C)C1. The molecular weight excluding hydrogens is 213 g/mol. The minimum Gasteiger partial charge on any atom is -0.313 e. The van der Waals surface area contributed by atoms with E-state index >= 15 is 0 Å². The molecule has 94 valence electrons. The van der Waals surface area contributed by atoms with E-state index in [0.29, 0.717) is 5.92 Å². The molecule has 1 aliphatic carbocycles. The fraction of sp³-hybridized carbons (Fsp3) is 0.600. The van der Waals surface area contributed by atoms with E-state index in [-0.39, 0.29) is 11.9 Å². The van der Waals surface area contributed by atoms with Crippen molar-refractivity contribution in [3.63, 3.8) is 0 Å². The predicted molar refractivity (Wildman–Crippen MR) is 69.4 cm³/mol. The minimum atomic E-state index is -0.0745. The van der Waals surface area contributed by atoms with E-state index in [2.05, 4.69) is 12.2 Å². The molecule has 1 fully saturated rings. The first kappa shape index (κ1) is 12.6. The number of aryl methyl sites for hydroxylation is 1. The van der Waals surface area contributed by atoms with Gasteiger partial charge in [-0.1, -0.05) is 31.0 Å². The van der Waals surface area contributed by atoms with Crippen LogP contribution < -0.4 is 5.32 Å². The van der Waals surface area contributed by atoms with E-state index in [4.69, 9.17) is 0 Å². The van der Waals surface area contributed by atoms with Gasteiger partial charge in [-0.05, 0) is 44.7 Å². The van der Waals surface area contributed by atoms with Crippen molar-refractivity contribution in [1.82, 2.24) is 5.32 Å². The molecule has 1 aliphatic rings. The van der Waals surface area contributed by atoms with Crippen LogP contribution in [0.15, 0.2) is 18.2 Å². The third kappa shape index (κ3) is 2.68. The molecule has 0 amide bonds. The zero-order valence-electron chi connectivity index (χ0n) is 11.0. The summed E-state index contributed by atoms with van der Waals surface area (Å²) in [6, 6.07) is 5.58. The fourth-order valence-electron chi connectivity index (χ4n) is 3.10. The molecule has 0 aliphatic heterocycles. The van der Waals surface area contributed by atoms with Crippen molar-refractivity contribution in [1.29, 1.82) is 0 Å². The number of halogens is 1. The molecule has 1 saturated carbocycles. The normalized spacial score (nSPS) is 26.1. The molecule has 2 rings (SSSR count). The first-order chi connectivity index (χ1) is 8.11. The summed E-state index contributed by atoms with van der Waals surface area (Å²) in [5.41, 5.74) is 1.97. The zero-order valence-corrected chi connectivity index (χ0v) is 11.0.